The first-order valence-electron chi connectivity index (χ1n) is 2.81. The molecule has 1 atom stereocenters. The summed E-state index contributed by atoms with van der Waals surface area (Å²) in [7, 11) is 0. The van der Waals surface area contributed by atoms with E-state index >= 15 is 0 Å². The smallest absolute Gasteiger partial charge is 0.236 e. The molecule has 0 amide bonds. The second-order valence-corrected chi connectivity index (χ2v) is 3.94. The topological polar surface area (TPSA) is 0 Å². The Morgan fingerprint density at radius 2 is 1.55 bits per heavy atom. The molecule has 1 heterocycles. The first-order valence-corrected chi connectivity index (χ1v) is 3.63. The highest BCUT2D eigenvalue weighted by atomic mass is 32.2. The van der Waals surface area contributed by atoms with Gasteiger partial charge in [0.25, 0.3) is 0 Å². The third kappa shape index (κ3) is 1.45. The van der Waals surface area contributed by atoms with Crippen LogP contribution in [0.3, 0.4) is 0 Å². The normalized spacial score (nSPS) is 40.9. The fourth-order valence-corrected chi connectivity index (χ4v) is 1.82. The van der Waals surface area contributed by atoms with E-state index in [1.165, 1.54) is 0 Å². The Balaban J connectivity index is 2.89. The van der Waals surface area contributed by atoms with Crippen LogP contribution in [0.1, 0.15) is 13.3 Å². The Bertz CT molecular complexity index is 158. The number of hydrogen-bond donors (Lipinski definition) is 0. The molecule has 1 rings (SSSR count). The Hall–Kier alpha value is -0.0000000000000000555. The molecule has 6 heteroatoms. The number of thioether (sulfide) groups is 1. The molecule has 0 aromatic rings. The Kier molecular flexibility index (Phi) is 1.67. The fourth-order valence-electron chi connectivity index (χ4n) is 0.819. The van der Waals surface area contributed by atoms with Gasteiger partial charge in [0.2, 0.25) is 0 Å². The summed E-state index contributed by atoms with van der Waals surface area (Å²) in [5.74, 6) is 0. The molecular weight excluding hydrogens is 187 g/mol. The maximum absolute atomic E-state index is 12.6. The minimum Gasteiger partial charge on any atom is -0.236 e. The SMILES string of the molecule is CC1(F)CC(F)(F)SC1(F)F. The maximum atomic E-state index is 12.6. The summed E-state index contributed by atoms with van der Waals surface area (Å²) in [5, 5.41) is -7.62. The van der Waals surface area contributed by atoms with Crippen molar-refractivity contribution in [3.05, 3.63) is 0 Å². The van der Waals surface area contributed by atoms with E-state index in [1.54, 1.807) is 0 Å². The monoisotopic (exact) mass is 192 g/mol. The van der Waals surface area contributed by atoms with Crippen molar-refractivity contribution in [1.29, 1.82) is 0 Å². The van der Waals surface area contributed by atoms with Crippen molar-refractivity contribution < 1.29 is 22.0 Å². The number of alkyl halides is 5. The summed E-state index contributed by atoms with van der Waals surface area (Å²) in [6, 6.07) is 0. The molecule has 0 aliphatic carbocycles. The highest BCUT2D eigenvalue weighted by Gasteiger charge is 2.67. The first-order chi connectivity index (χ1) is 4.66. The van der Waals surface area contributed by atoms with Crippen LogP contribution in [0.5, 0.6) is 0 Å². The van der Waals surface area contributed by atoms with Crippen LogP contribution in [-0.4, -0.2) is 16.2 Å². The van der Waals surface area contributed by atoms with E-state index < -0.39 is 34.4 Å². The van der Waals surface area contributed by atoms with Gasteiger partial charge in [0.15, 0.2) is 5.67 Å². The Morgan fingerprint density at radius 1 is 1.09 bits per heavy atom. The summed E-state index contributed by atoms with van der Waals surface area (Å²) in [6.45, 7) is 0.487. The average Bonchev–Trinajstić information content (AvgIpc) is 1.66. The molecule has 11 heavy (non-hydrogen) atoms. The largest absolute Gasteiger partial charge is 0.332 e. The van der Waals surface area contributed by atoms with Gasteiger partial charge in [-0.2, -0.15) is 17.6 Å². The highest BCUT2D eigenvalue weighted by molar-refractivity contribution is 8.01. The standard InChI is InChI=1S/C5H5F5S/c1-3(6)2-4(7,8)11-5(3,9)10/h2H2,1H3. The zero-order valence-corrected chi connectivity index (χ0v) is 6.32. The molecule has 0 radical (unpaired) electrons. The van der Waals surface area contributed by atoms with Gasteiger partial charge in [0, 0.05) is 0 Å². The molecular formula is C5H5F5S. The van der Waals surface area contributed by atoms with Crippen LogP contribution in [0, 0.1) is 0 Å². The molecule has 1 aliphatic rings. The molecule has 0 aromatic carbocycles. The van der Waals surface area contributed by atoms with Crippen molar-refractivity contribution in [3.8, 4) is 0 Å². The molecule has 0 spiro atoms. The number of halogens is 5. The van der Waals surface area contributed by atoms with Crippen LogP contribution in [0.15, 0.2) is 0 Å². The molecule has 1 unspecified atom stereocenters. The molecule has 0 saturated carbocycles. The lowest BCUT2D eigenvalue weighted by Gasteiger charge is -2.18. The van der Waals surface area contributed by atoms with E-state index in [2.05, 4.69) is 0 Å². The van der Waals surface area contributed by atoms with Crippen molar-refractivity contribution in [2.75, 3.05) is 0 Å². The molecule has 1 saturated heterocycles. The summed E-state index contributed by atoms with van der Waals surface area (Å²) >= 11 is -0.910. The zero-order chi connectivity index (χ0) is 8.91. The van der Waals surface area contributed by atoms with Gasteiger partial charge < -0.3 is 0 Å². The average molecular weight is 192 g/mol. The Morgan fingerprint density at radius 3 is 1.64 bits per heavy atom. The molecule has 0 nitrogen and oxygen atoms in total. The summed E-state index contributed by atoms with van der Waals surface area (Å²) in [4.78, 5) is 0. The third-order valence-corrected chi connectivity index (χ3v) is 2.55. The quantitative estimate of drug-likeness (QED) is 0.531. The molecule has 66 valence electrons. The van der Waals surface area contributed by atoms with E-state index in [-0.39, 0.29) is 0 Å². The highest BCUT2D eigenvalue weighted by Crippen LogP contribution is 2.60. The van der Waals surface area contributed by atoms with E-state index in [9.17, 15) is 22.0 Å². The van der Waals surface area contributed by atoms with Gasteiger partial charge in [-0.15, -0.1) is 0 Å². The molecule has 1 aliphatic heterocycles. The van der Waals surface area contributed by atoms with Crippen molar-refractivity contribution in [2.24, 2.45) is 0 Å². The number of hydrogen-bond acceptors (Lipinski definition) is 1. The van der Waals surface area contributed by atoms with Gasteiger partial charge >= 0.3 is 10.5 Å². The van der Waals surface area contributed by atoms with Gasteiger partial charge in [-0.25, -0.2) is 4.39 Å². The van der Waals surface area contributed by atoms with Gasteiger partial charge in [-0.3, -0.25) is 0 Å². The van der Waals surface area contributed by atoms with Crippen molar-refractivity contribution >= 4 is 11.8 Å². The Labute approximate surface area is 64.1 Å². The lowest BCUT2D eigenvalue weighted by atomic mass is 10.1. The minimum absolute atomic E-state index is 0.487. The van der Waals surface area contributed by atoms with Gasteiger partial charge in [-0.05, 0) is 18.7 Å². The van der Waals surface area contributed by atoms with Crippen LogP contribution >= 0.6 is 11.8 Å². The van der Waals surface area contributed by atoms with Crippen LogP contribution in [0.2, 0.25) is 0 Å². The van der Waals surface area contributed by atoms with Crippen molar-refractivity contribution in [1.82, 2.24) is 0 Å². The third-order valence-electron chi connectivity index (χ3n) is 1.42. The second kappa shape index (κ2) is 2.02. The summed E-state index contributed by atoms with van der Waals surface area (Å²) in [5.41, 5.74) is -3.10. The van der Waals surface area contributed by atoms with Gasteiger partial charge in [0.05, 0.1) is 6.42 Å². The second-order valence-electron chi connectivity index (χ2n) is 2.63. The fraction of sp³-hybridized carbons (Fsp3) is 1.00. The molecule has 1 fully saturated rings. The van der Waals surface area contributed by atoms with Gasteiger partial charge in [0.1, 0.15) is 0 Å². The van der Waals surface area contributed by atoms with Crippen LogP contribution in [0.25, 0.3) is 0 Å². The predicted molar refractivity (Wildman–Crippen MR) is 31.6 cm³/mol. The van der Waals surface area contributed by atoms with Crippen LogP contribution in [0.4, 0.5) is 22.0 Å². The van der Waals surface area contributed by atoms with Gasteiger partial charge in [-0.1, -0.05) is 0 Å². The van der Waals surface area contributed by atoms with Crippen LogP contribution in [-0.2, 0) is 0 Å². The summed E-state index contributed by atoms with van der Waals surface area (Å²) < 4.78 is 61.6. The predicted octanol–water partition coefficient (Wildman–Crippen LogP) is 3.04. The minimum atomic E-state index is -3.98. The van der Waals surface area contributed by atoms with E-state index in [1.807, 2.05) is 0 Å². The molecule has 0 N–H and O–H groups in total. The van der Waals surface area contributed by atoms with Crippen molar-refractivity contribution in [2.45, 2.75) is 29.5 Å². The zero-order valence-electron chi connectivity index (χ0n) is 5.51. The molecule has 0 bridgehead atoms. The van der Waals surface area contributed by atoms with E-state index in [4.69, 9.17) is 0 Å². The van der Waals surface area contributed by atoms with E-state index in [0.717, 1.165) is 0 Å². The van der Waals surface area contributed by atoms with E-state index in [0.29, 0.717) is 6.92 Å². The first kappa shape index (κ1) is 9.09. The molecule has 0 aromatic heterocycles. The lowest BCUT2D eigenvalue weighted by Crippen LogP contribution is -2.33. The summed E-state index contributed by atoms with van der Waals surface area (Å²) in [6.07, 6.45) is -1.42. The van der Waals surface area contributed by atoms with Crippen LogP contribution < -0.4 is 0 Å². The van der Waals surface area contributed by atoms with Crippen molar-refractivity contribution in [3.63, 3.8) is 0 Å². The maximum Gasteiger partial charge on any atom is 0.332 e. The lowest BCUT2D eigenvalue weighted by molar-refractivity contribution is -0.0625. The number of rotatable bonds is 0.